The SMILES string of the molecule is CN(C)CC(C)(C)CNC1CCCC(N)C1. The van der Waals surface area contributed by atoms with Gasteiger partial charge in [0.1, 0.15) is 0 Å². The normalized spacial score (nSPS) is 27.4. The van der Waals surface area contributed by atoms with Gasteiger partial charge in [-0.15, -0.1) is 0 Å². The van der Waals surface area contributed by atoms with Crippen molar-refractivity contribution in [2.75, 3.05) is 27.2 Å². The molecule has 2 atom stereocenters. The summed E-state index contributed by atoms with van der Waals surface area (Å²) in [4.78, 5) is 2.26. The van der Waals surface area contributed by atoms with Crippen LogP contribution in [-0.2, 0) is 0 Å². The van der Waals surface area contributed by atoms with Gasteiger partial charge in [-0.1, -0.05) is 20.3 Å². The third-order valence-electron chi connectivity index (χ3n) is 3.33. The summed E-state index contributed by atoms with van der Waals surface area (Å²) in [6.07, 6.45) is 4.94. The van der Waals surface area contributed by atoms with Crippen LogP contribution in [0, 0.1) is 5.41 Å². The molecule has 0 amide bonds. The zero-order valence-electron chi connectivity index (χ0n) is 11.4. The van der Waals surface area contributed by atoms with E-state index in [-0.39, 0.29) is 0 Å². The molecule has 1 rings (SSSR count). The van der Waals surface area contributed by atoms with Crippen molar-refractivity contribution in [3.05, 3.63) is 0 Å². The molecule has 16 heavy (non-hydrogen) atoms. The van der Waals surface area contributed by atoms with Gasteiger partial charge in [-0.3, -0.25) is 0 Å². The lowest BCUT2D eigenvalue weighted by Crippen LogP contribution is -2.45. The predicted octanol–water partition coefficient (Wildman–Crippen LogP) is 1.43. The van der Waals surface area contributed by atoms with Crippen LogP contribution in [0.15, 0.2) is 0 Å². The van der Waals surface area contributed by atoms with E-state index in [9.17, 15) is 0 Å². The molecule has 96 valence electrons. The molecule has 0 radical (unpaired) electrons. The Balaban J connectivity index is 2.27. The lowest BCUT2D eigenvalue weighted by molar-refractivity contribution is 0.214. The van der Waals surface area contributed by atoms with Crippen molar-refractivity contribution < 1.29 is 0 Å². The third-order valence-corrected chi connectivity index (χ3v) is 3.33. The number of hydrogen-bond donors (Lipinski definition) is 2. The molecule has 2 unspecified atom stereocenters. The fourth-order valence-corrected chi connectivity index (χ4v) is 2.75. The van der Waals surface area contributed by atoms with Crippen molar-refractivity contribution in [1.29, 1.82) is 0 Å². The minimum Gasteiger partial charge on any atom is -0.328 e. The minimum atomic E-state index is 0.338. The van der Waals surface area contributed by atoms with E-state index in [0.717, 1.165) is 19.5 Å². The van der Waals surface area contributed by atoms with E-state index in [1.807, 2.05) is 0 Å². The first-order valence-electron chi connectivity index (χ1n) is 6.53. The first kappa shape index (κ1) is 13.9. The van der Waals surface area contributed by atoms with Gasteiger partial charge in [-0.25, -0.2) is 0 Å². The molecular weight excluding hydrogens is 198 g/mol. The standard InChI is InChI=1S/C13H29N3/c1-13(2,10-16(3)4)9-15-12-7-5-6-11(14)8-12/h11-12,15H,5-10,14H2,1-4H3. The van der Waals surface area contributed by atoms with Gasteiger partial charge in [0.05, 0.1) is 0 Å². The van der Waals surface area contributed by atoms with Crippen LogP contribution in [-0.4, -0.2) is 44.2 Å². The highest BCUT2D eigenvalue weighted by Crippen LogP contribution is 2.19. The van der Waals surface area contributed by atoms with Gasteiger partial charge in [0.2, 0.25) is 0 Å². The van der Waals surface area contributed by atoms with Crippen LogP contribution in [0.3, 0.4) is 0 Å². The Labute approximate surface area is 101 Å². The van der Waals surface area contributed by atoms with Crippen LogP contribution in [0.2, 0.25) is 0 Å². The van der Waals surface area contributed by atoms with Crippen molar-refractivity contribution in [2.45, 2.75) is 51.6 Å². The van der Waals surface area contributed by atoms with Crippen LogP contribution >= 0.6 is 0 Å². The Hall–Kier alpha value is -0.120. The second-order valence-electron chi connectivity index (χ2n) is 6.41. The fourth-order valence-electron chi connectivity index (χ4n) is 2.75. The van der Waals surface area contributed by atoms with Gasteiger partial charge >= 0.3 is 0 Å². The zero-order chi connectivity index (χ0) is 12.2. The summed E-state index contributed by atoms with van der Waals surface area (Å²) in [6, 6.07) is 1.06. The Kier molecular flexibility index (Phi) is 5.22. The van der Waals surface area contributed by atoms with Crippen molar-refractivity contribution in [3.63, 3.8) is 0 Å². The summed E-state index contributed by atoms with van der Waals surface area (Å²) in [5.41, 5.74) is 6.34. The highest BCUT2D eigenvalue weighted by atomic mass is 15.1. The lowest BCUT2D eigenvalue weighted by Gasteiger charge is -2.33. The summed E-state index contributed by atoms with van der Waals surface area (Å²) < 4.78 is 0. The molecule has 0 bridgehead atoms. The molecule has 1 fully saturated rings. The van der Waals surface area contributed by atoms with Gasteiger partial charge in [0.15, 0.2) is 0 Å². The summed E-state index contributed by atoms with van der Waals surface area (Å²) in [5.74, 6) is 0. The quantitative estimate of drug-likeness (QED) is 0.746. The second-order valence-corrected chi connectivity index (χ2v) is 6.41. The van der Waals surface area contributed by atoms with E-state index >= 15 is 0 Å². The first-order chi connectivity index (χ1) is 7.39. The molecule has 0 aromatic rings. The van der Waals surface area contributed by atoms with Crippen molar-refractivity contribution in [3.8, 4) is 0 Å². The Morgan fingerprint density at radius 1 is 1.31 bits per heavy atom. The summed E-state index contributed by atoms with van der Waals surface area (Å²) >= 11 is 0. The monoisotopic (exact) mass is 227 g/mol. The van der Waals surface area contributed by atoms with Crippen molar-refractivity contribution in [1.82, 2.24) is 10.2 Å². The molecular formula is C13H29N3. The topological polar surface area (TPSA) is 41.3 Å². The molecule has 0 aromatic carbocycles. The average Bonchev–Trinajstić information content (AvgIpc) is 2.13. The molecule has 1 aliphatic carbocycles. The maximum Gasteiger partial charge on any atom is 0.00820 e. The summed E-state index contributed by atoms with van der Waals surface area (Å²) in [6.45, 7) is 6.85. The van der Waals surface area contributed by atoms with E-state index in [2.05, 4.69) is 38.2 Å². The highest BCUT2D eigenvalue weighted by Gasteiger charge is 2.23. The predicted molar refractivity (Wildman–Crippen MR) is 70.6 cm³/mol. The summed E-state index contributed by atoms with van der Waals surface area (Å²) in [5, 5.41) is 3.69. The Morgan fingerprint density at radius 3 is 2.56 bits per heavy atom. The Morgan fingerprint density at radius 2 is 2.00 bits per heavy atom. The smallest absolute Gasteiger partial charge is 0.00820 e. The van der Waals surface area contributed by atoms with Crippen LogP contribution in [0.25, 0.3) is 0 Å². The van der Waals surface area contributed by atoms with E-state index < -0.39 is 0 Å². The van der Waals surface area contributed by atoms with Gasteiger partial charge in [0, 0.05) is 25.2 Å². The second kappa shape index (κ2) is 5.99. The molecule has 0 aliphatic heterocycles. The number of nitrogens with one attached hydrogen (secondary N) is 1. The average molecular weight is 227 g/mol. The lowest BCUT2D eigenvalue weighted by atomic mass is 9.89. The largest absolute Gasteiger partial charge is 0.328 e. The van der Waals surface area contributed by atoms with E-state index in [0.29, 0.717) is 17.5 Å². The zero-order valence-corrected chi connectivity index (χ0v) is 11.4. The Bertz CT molecular complexity index is 201. The van der Waals surface area contributed by atoms with E-state index in [1.54, 1.807) is 0 Å². The van der Waals surface area contributed by atoms with Crippen LogP contribution in [0.5, 0.6) is 0 Å². The molecule has 3 heteroatoms. The first-order valence-corrected chi connectivity index (χ1v) is 6.53. The van der Waals surface area contributed by atoms with Crippen LogP contribution in [0.1, 0.15) is 39.5 Å². The maximum atomic E-state index is 6.00. The molecule has 1 saturated carbocycles. The molecule has 0 saturated heterocycles. The van der Waals surface area contributed by atoms with Gasteiger partial charge in [-0.2, -0.15) is 0 Å². The molecule has 1 aliphatic rings. The number of nitrogens with zero attached hydrogens (tertiary/aromatic N) is 1. The molecule has 0 heterocycles. The maximum absolute atomic E-state index is 6.00. The molecule has 0 aromatic heterocycles. The third kappa shape index (κ3) is 5.28. The molecule has 0 spiro atoms. The summed E-state index contributed by atoms with van der Waals surface area (Å²) in [7, 11) is 4.27. The van der Waals surface area contributed by atoms with Crippen LogP contribution in [0.4, 0.5) is 0 Å². The minimum absolute atomic E-state index is 0.338. The molecule has 3 nitrogen and oxygen atoms in total. The fraction of sp³-hybridized carbons (Fsp3) is 1.00. The van der Waals surface area contributed by atoms with Gasteiger partial charge in [0.25, 0.3) is 0 Å². The van der Waals surface area contributed by atoms with E-state index in [1.165, 1.54) is 19.3 Å². The van der Waals surface area contributed by atoms with Crippen molar-refractivity contribution >= 4 is 0 Å². The van der Waals surface area contributed by atoms with Gasteiger partial charge in [-0.05, 0) is 38.8 Å². The number of hydrogen-bond acceptors (Lipinski definition) is 3. The van der Waals surface area contributed by atoms with Crippen molar-refractivity contribution in [2.24, 2.45) is 11.1 Å². The highest BCUT2D eigenvalue weighted by molar-refractivity contribution is 4.83. The van der Waals surface area contributed by atoms with Crippen LogP contribution < -0.4 is 11.1 Å². The van der Waals surface area contributed by atoms with E-state index in [4.69, 9.17) is 5.73 Å². The van der Waals surface area contributed by atoms with Gasteiger partial charge < -0.3 is 16.0 Å². The number of rotatable bonds is 5. The molecule has 3 N–H and O–H groups in total. The number of nitrogens with two attached hydrogens (primary N) is 1.